The zero-order valence-electron chi connectivity index (χ0n) is 15.8. The molecule has 1 aliphatic carbocycles. The van der Waals surface area contributed by atoms with E-state index in [1.54, 1.807) is 24.7 Å². The van der Waals surface area contributed by atoms with Gasteiger partial charge < -0.3 is 10.1 Å². The zero-order chi connectivity index (χ0) is 19.3. The van der Waals surface area contributed by atoms with Crippen molar-refractivity contribution >= 4 is 34.1 Å². The van der Waals surface area contributed by atoms with Crippen LogP contribution in [0.5, 0.6) is 5.75 Å². The summed E-state index contributed by atoms with van der Waals surface area (Å²) in [5.74, 6) is 0.681. The van der Waals surface area contributed by atoms with Gasteiger partial charge in [0, 0.05) is 22.3 Å². The van der Waals surface area contributed by atoms with Crippen molar-refractivity contribution in [3.8, 4) is 5.75 Å². The summed E-state index contributed by atoms with van der Waals surface area (Å²) in [4.78, 5) is 19.1. The van der Waals surface area contributed by atoms with E-state index in [-0.39, 0.29) is 5.91 Å². The van der Waals surface area contributed by atoms with Crippen LogP contribution < -0.4 is 10.1 Å². The number of amides is 1. The van der Waals surface area contributed by atoms with E-state index in [2.05, 4.69) is 5.32 Å². The Kier molecular flexibility index (Phi) is 5.53. The van der Waals surface area contributed by atoms with Crippen LogP contribution in [0.3, 0.4) is 0 Å². The van der Waals surface area contributed by atoms with Crippen molar-refractivity contribution in [2.24, 2.45) is 4.99 Å². The van der Waals surface area contributed by atoms with Crippen molar-refractivity contribution in [3.63, 3.8) is 0 Å². The Bertz CT molecular complexity index is 1010. The molecule has 3 aromatic rings. The van der Waals surface area contributed by atoms with Crippen LogP contribution in [0, 0.1) is 0 Å². The number of aliphatic imine (C=N–C) groups is 1. The van der Waals surface area contributed by atoms with Gasteiger partial charge in [0.2, 0.25) is 0 Å². The molecule has 1 amide bonds. The van der Waals surface area contributed by atoms with E-state index in [0.29, 0.717) is 0 Å². The molecule has 0 saturated heterocycles. The molecule has 0 radical (unpaired) electrons. The van der Waals surface area contributed by atoms with Crippen molar-refractivity contribution in [2.45, 2.75) is 25.7 Å². The van der Waals surface area contributed by atoms with Gasteiger partial charge in [0.15, 0.2) is 0 Å². The van der Waals surface area contributed by atoms with E-state index in [4.69, 9.17) is 9.73 Å². The number of para-hydroxylation sites is 2. The molecule has 1 aliphatic rings. The van der Waals surface area contributed by atoms with Crippen LogP contribution in [-0.2, 0) is 12.8 Å². The van der Waals surface area contributed by atoms with Crippen LogP contribution in [0.2, 0.25) is 0 Å². The smallest absolute Gasteiger partial charge is 0.259 e. The monoisotopic (exact) mass is 390 g/mol. The first kappa shape index (κ1) is 18.4. The third-order valence-electron chi connectivity index (χ3n) is 4.87. The number of anilines is 1. The van der Waals surface area contributed by atoms with Gasteiger partial charge in [-0.05, 0) is 55.5 Å². The lowest BCUT2D eigenvalue weighted by atomic mass is 9.95. The molecule has 0 fully saturated rings. The van der Waals surface area contributed by atoms with Crippen molar-refractivity contribution in [3.05, 3.63) is 76.2 Å². The quantitative estimate of drug-likeness (QED) is 0.573. The van der Waals surface area contributed by atoms with Gasteiger partial charge in [-0.2, -0.15) is 0 Å². The number of hydrogen-bond acceptors (Lipinski definition) is 4. The minimum absolute atomic E-state index is 0.0854. The predicted octanol–water partition coefficient (Wildman–Crippen LogP) is 5.64. The molecule has 1 N–H and O–H groups in total. The highest BCUT2D eigenvalue weighted by Gasteiger charge is 2.25. The number of fused-ring (bicyclic) bond motifs is 1. The number of rotatable bonds is 5. The average molecular weight is 391 g/mol. The van der Waals surface area contributed by atoms with Crippen LogP contribution in [0.1, 0.15) is 39.2 Å². The normalized spacial score (nSPS) is 13.3. The van der Waals surface area contributed by atoms with Gasteiger partial charge in [-0.15, -0.1) is 11.3 Å². The summed E-state index contributed by atoms with van der Waals surface area (Å²) in [6.45, 7) is 0. The molecule has 0 unspecified atom stereocenters. The minimum atomic E-state index is -0.0854. The van der Waals surface area contributed by atoms with Gasteiger partial charge in [0.25, 0.3) is 5.91 Å². The van der Waals surface area contributed by atoms with Crippen LogP contribution in [-0.4, -0.2) is 19.2 Å². The second kappa shape index (κ2) is 8.40. The number of carbonyl (C=O) groups excluding carboxylic acids is 1. The first-order valence-electron chi connectivity index (χ1n) is 9.44. The molecule has 0 atom stereocenters. The maximum atomic E-state index is 13.1. The van der Waals surface area contributed by atoms with E-state index in [1.807, 2.05) is 54.6 Å². The van der Waals surface area contributed by atoms with Crippen LogP contribution in [0.4, 0.5) is 10.7 Å². The fourth-order valence-corrected chi connectivity index (χ4v) is 4.72. The maximum absolute atomic E-state index is 13.1. The minimum Gasteiger partial charge on any atom is -0.496 e. The molecular formula is C23H22N2O2S. The van der Waals surface area contributed by atoms with E-state index < -0.39 is 0 Å². The number of hydrogen-bond donors (Lipinski definition) is 1. The Morgan fingerprint density at radius 3 is 2.64 bits per heavy atom. The zero-order valence-corrected chi connectivity index (χ0v) is 16.6. The van der Waals surface area contributed by atoms with Crippen molar-refractivity contribution < 1.29 is 9.53 Å². The second-order valence-electron chi connectivity index (χ2n) is 6.71. The average Bonchev–Trinajstić information content (AvgIpc) is 3.11. The third kappa shape index (κ3) is 3.85. The lowest BCUT2D eigenvalue weighted by Crippen LogP contribution is -2.14. The first-order chi connectivity index (χ1) is 13.8. The number of benzene rings is 2. The number of nitrogens with one attached hydrogen (secondary N) is 1. The van der Waals surface area contributed by atoms with Gasteiger partial charge >= 0.3 is 0 Å². The summed E-state index contributed by atoms with van der Waals surface area (Å²) in [6, 6.07) is 17.3. The molecule has 0 bridgehead atoms. The second-order valence-corrected chi connectivity index (χ2v) is 7.79. The summed E-state index contributed by atoms with van der Waals surface area (Å²) in [6.07, 6.45) is 6.03. The predicted molar refractivity (Wildman–Crippen MR) is 116 cm³/mol. The molecule has 2 aromatic carbocycles. The van der Waals surface area contributed by atoms with Gasteiger partial charge in [-0.3, -0.25) is 4.79 Å². The fraction of sp³-hybridized carbons (Fsp3) is 0.217. The van der Waals surface area contributed by atoms with Crippen LogP contribution >= 0.6 is 11.3 Å². The number of methoxy groups -OCH3 is 1. The number of aryl methyl sites for hydroxylation is 1. The molecule has 4 nitrogen and oxygen atoms in total. The number of carbonyl (C=O) groups is 1. The number of thiophene rings is 1. The highest BCUT2D eigenvalue weighted by molar-refractivity contribution is 7.16. The summed E-state index contributed by atoms with van der Waals surface area (Å²) in [5.41, 5.74) is 3.57. The molecule has 0 aliphatic heterocycles. The lowest BCUT2D eigenvalue weighted by molar-refractivity contribution is 0.102. The Balaban J connectivity index is 1.70. The van der Waals surface area contributed by atoms with E-state index in [0.717, 1.165) is 52.4 Å². The van der Waals surface area contributed by atoms with E-state index in [9.17, 15) is 4.79 Å². The van der Waals surface area contributed by atoms with Crippen molar-refractivity contribution in [2.75, 3.05) is 12.4 Å². The summed E-state index contributed by atoms with van der Waals surface area (Å²) >= 11 is 1.63. The Labute approximate surface area is 168 Å². The molecule has 5 heteroatoms. The third-order valence-corrected chi connectivity index (χ3v) is 6.07. The molecule has 0 saturated carbocycles. The standard InChI is InChI=1S/C23H22N2O2S/c1-27-19-13-7-5-9-16(19)15-24-23-21(18-12-6-8-14-20(18)28-23)22(26)25-17-10-3-2-4-11-17/h2-5,7,9-11,13,15H,6,8,12,14H2,1H3,(H,25,26). The molecule has 0 spiro atoms. The van der Waals surface area contributed by atoms with Gasteiger partial charge in [-0.1, -0.05) is 30.3 Å². The van der Waals surface area contributed by atoms with Gasteiger partial charge in [-0.25, -0.2) is 4.99 Å². The van der Waals surface area contributed by atoms with Gasteiger partial charge in [0.1, 0.15) is 10.8 Å². The molecule has 142 valence electrons. The SMILES string of the molecule is COc1ccccc1C=Nc1sc2c(c1C(=O)Nc1ccccc1)CCCC2. The molecule has 28 heavy (non-hydrogen) atoms. The van der Waals surface area contributed by atoms with E-state index in [1.165, 1.54) is 11.3 Å². The summed E-state index contributed by atoms with van der Waals surface area (Å²) in [5, 5.41) is 3.79. The molecular weight excluding hydrogens is 368 g/mol. The van der Waals surface area contributed by atoms with Crippen molar-refractivity contribution in [1.29, 1.82) is 0 Å². The number of nitrogens with zero attached hydrogens (tertiary/aromatic N) is 1. The largest absolute Gasteiger partial charge is 0.496 e. The number of ether oxygens (including phenoxy) is 1. The van der Waals surface area contributed by atoms with Gasteiger partial charge in [0.05, 0.1) is 12.7 Å². The maximum Gasteiger partial charge on any atom is 0.259 e. The highest BCUT2D eigenvalue weighted by atomic mass is 32.1. The Morgan fingerprint density at radius 2 is 1.82 bits per heavy atom. The molecule has 1 aromatic heterocycles. The van der Waals surface area contributed by atoms with Crippen molar-refractivity contribution in [1.82, 2.24) is 0 Å². The Morgan fingerprint density at radius 1 is 1.07 bits per heavy atom. The summed E-state index contributed by atoms with van der Waals surface area (Å²) in [7, 11) is 1.65. The van der Waals surface area contributed by atoms with Crippen LogP contribution in [0.25, 0.3) is 0 Å². The summed E-state index contributed by atoms with van der Waals surface area (Å²) < 4.78 is 5.40. The topological polar surface area (TPSA) is 50.7 Å². The molecule has 1 heterocycles. The first-order valence-corrected chi connectivity index (χ1v) is 10.3. The van der Waals surface area contributed by atoms with Crippen LogP contribution in [0.15, 0.2) is 59.6 Å². The lowest BCUT2D eigenvalue weighted by Gasteiger charge is -2.12. The highest BCUT2D eigenvalue weighted by Crippen LogP contribution is 2.40. The fourth-order valence-electron chi connectivity index (χ4n) is 3.49. The molecule has 4 rings (SSSR count). The van der Waals surface area contributed by atoms with E-state index >= 15 is 0 Å². The Hall–Kier alpha value is -2.92.